The van der Waals surface area contributed by atoms with Crippen LogP contribution in [0.3, 0.4) is 0 Å². The third kappa shape index (κ3) is 4.31. The summed E-state index contributed by atoms with van der Waals surface area (Å²) in [7, 11) is 2.39. The summed E-state index contributed by atoms with van der Waals surface area (Å²) < 4.78 is 0. The number of aliphatic hydroxyl groups is 1. The van der Waals surface area contributed by atoms with Gasteiger partial charge in [0.05, 0.1) is 0 Å². The highest BCUT2D eigenvalue weighted by molar-refractivity contribution is 6.11. The normalized spacial score (nSPS) is 15.7. The molecule has 2 aromatic rings. The predicted octanol–water partition coefficient (Wildman–Crippen LogP) is 0.00510. The van der Waals surface area contributed by atoms with E-state index in [9.17, 15) is 19.5 Å². The Labute approximate surface area is 181 Å². The van der Waals surface area contributed by atoms with Crippen LogP contribution in [0.1, 0.15) is 10.4 Å². The zero-order valence-electron chi connectivity index (χ0n) is 17.6. The Morgan fingerprint density at radius 1 is 0.935 bits per heavy atom. The first kappa shape index (κ1) is 22.1. The van der Waals surface area contributed by atoms with Crippen LogP contribution in [0.15, 0.2) is 54.6 Å². The number of amides is 3. The Kier molecular flexibility index (Phi) is 6.45. The van der Waals surface area contributed by atoms with Crippen molar-refractivity contribution < 1.29 is 19.5 Å². The summed E-state index contributed by atoms with van der Waals surface area (Å²) >= 11 is 0. The van der Waals surface area contributed by atoms with Gasteiger partial charge in [0.25, 0.3) is 17.7 Å². The quantitative estimate of drug-likeness (QED) is 0.443. The van der Waals surface area contributed by atoms with Gasteiger partial charge in [-0.1, -0.05) is 18.2 Å². The van der Waals surface area contributed by atoms with Crippen molar-refractivity contribution in [2.45, 2.75) is 5.72 Å². The maximum Gasteiger partial charge on any atom is 0.302 e. The molecule has 0 aliphatic carbocycles. The van der Waals surface area contributed by atoms with Crippen LogP contribution in [0.5, 0.6) is 0 Å². The van der Waals surface area contributed by atoms with E-state index in [0.29, 0.717) is 4.90 Å². The first-order chi connectivity index (χ1) is 14.8. The number of carbonyl (C=O) groups is 3. The molecule has 9 heteroatoms. The average molecular weight is 425 g/mol. The summed E-state index contributed by atoms with van der Waals surface area (Å²) in [5.41, 5.74) is 4.79. The molecule has 1 saturated heterocycles. The lowest BCUT2D eigenvalue weighted by atomic mass is 10.1. The van der Waals surface area contributed by atoms with E-state index in [2.05, 4.69) is 27.2 Å². The van der Waals surface area contributed by atoms with E-state index in [-0.39, 0.29) is 5.56 Å². The van der Waals surface area contributed by atoms with Crippen LogP contribution in [0.25, 0.3) is 0 Å². The fourth-order valence-electron chi connectivity index (χ4n) is 3.62. The summed E-state index contributed by atoms with van der Waals surface area (Å²) in [6.07, 6.45) is 0. The molecule has 0 spiro atoms. The SMILES string of the molecule is CNC(=O)C(O)(C(N)=O)N(C)C(=O)c1ccc(N2CCN(c3ccccc3)CC2)cc1. The van der Waals surface area contributed by atoms with E-state index in [4.69, 9.17) is 5.73 Å². The van der Waals surface area contributed by atoms with Crippen molar-refractivity contribution >= 4 is 29.1 Å². The zero-order chi connectivity index (χ0) is 22.6. The fourth-order valence-corrected chi connectivity index (χ4v) is 3.62. The summed E-state index contributed by atoms with van der Waals surface area (Å²) in [5.74, 6) is -3.12. The molecule has 3 amide bonds. The fraction of sp³-hybridized carbons (Fsp3) is 0.318. The van der Waals surface area contributed by atoms with Crippen LogP contribution in [-0.2, 0) is 9.59 Å². The summed E-state index contributed by atoms with van der Waals surface area (Å²) in [6.45, 7) is 3.43. The maximum atomic E-state index is 12.8. The molecule has 0 saturated carbocycles. The molecule has 0 radical (unpaired) electrons. The van der Waals surface area contributed by atoms with Crippen LogP contribution in [0.4, 0.5) is 11.4 Å². The van der Waals surface area contributed by atoms with E-state index in [0.717, 1.165) is 38.9 Å². The lowest BCUT2D eigenvalue weighted by molar-refractivity contribution is -0.166. The Morgan fingerprint density at radius 2 is 1.42 bits per heavy atom. The molecule has 1 fully saturated rings. The van der Waals surface area contributed by atoms with Gasteiger partial charge in [-0.2, -0.15) is 0 Å². The number of anilines is 2. The predicted molar refractivity (Wildman–Crippen MR) is 118 cm³/mol. The van der Waals surface area contributed by atoms with Crippen molar-refractivity contribution in [1.82, 2.24) is 10.2 Å². The summed E-state index contributed by atoms with van der Waals surface area (Å²) in [4.78, 5) is 41.6. The second kappa shape index (κ2) is 9.05. The number of primary amides is 1. The first-order valence-corrected chi connectivity index (χ1v) is 9.96. The van der Waals surface area contributed by atoms with E-state index >= 15 is 0 Å². The van der Waals surface area contributed by atoms with Crippen LogP contribution >= 0.6 is 0 Å². The Hall–Kier alpha value is -3.59. The van der Waals surface area contributed by atoms with Crippen molar-refractivity contribution in [1.29, 1.82) is 0 Å². The van der Waals surface area contributed by atoms with Crippen molar-refractivity contribution in [3.63, 3.8) is 0 Å². The van der Waals surface area contributed by atoms with E-state index < -0.39 is 23.4 Å². The Bertz CT molecular complexity index is 942. The number of hydrogen-bond donors (Lipinski definition) is 3. The van der Waals surface area contributed by atoms with Gasteiger partial charge < -0.3 is 26.0 Å². The van der Waals surface area contributed by atoms with Crippen LogP contribution in [0, 0.1) is 0 Å². The third-order valence-corrected chi connectivity index (χ3v) is 5.56. The van der Waals surface area contributed by atoms with E-state index in [1.54, 1.807) is 12.1 Å². The minimum atomic E-state index is -2.78. The molecular weight excluding hydrogens is 398 g/mol. The molecule has 1 unspecified atom stereocenters. The van der Waals surface area contributed by atoms with Crippen molar-refractivity contribution in [3.8, 4) is 0 Å². The topological polar surface area (TPSA) is 119 Å². The molecule has 0 aromatic heterocycles. The number of para-hydroxylation sites is 1. The lowest BCUT2D eigenvalue weighted by Crippen LogP contribution is -2.65. The number of carbonyl (C=O) groups excluding carboxylic acids is 3. The number of likely N-dealkylation sites (N-methyl/N-ethyl adjacent to an activating group) is 2. The molecule has 9 nitrogen and oxygen atoms in total. The molecule has 1 aliphatic rings. The highest BCUT2D eigenvalue weighted by Crippen LogP contribution is 2.22. The Balaban J connectivity index is 1.68. The first-order valence-electron chi connectivity index (χ1n) is 9.96. The van der Waals surface area contributed by atoms with E-state index in [1.807, 2.05) is 30.3 Å². The Morgan fingerprint density at radius 3 is 1.87 bits per heavy atom. The molecular formula is C22H27N5O4. The molecule has 31 heavy (non-hydrogen) atoms. The minimum absolute atomic E-state index is 0.220. The zero-order valence-corrected chi connectivity index (χ0v) is 17.6. The lowest BCUT2D eigenvalue weighted by Gasteiger charge is -2.37. The average Bonchev–Trinajstić information content (AvgIpc) is 2.82. The van der Waals surface area contributed by atoms with Gasteiger partial charge in [-0.15, -0.1) is 0 Å². The largest absolute Gasteiger partial charge is 0.368 e. The van der Waals surface area contributed by atoms with Crippen molar-refractivity contribution in [2.24, 2.45) is 5.73 Å². The van der Waals surface area contributed by atoms with Crippen LogP contribution in [-0.4, -0.2) is 73.7 Å². The number of nitrogens with one attached hydrogen (secondary N) is 1. The standard InChI is InChI=1S/C22H27N5O4/c1-24-21(30)22(31,20(23)29)25(2)19(28)16-8-10-18(11-9-16)27-14-12-26(13-15-27)17-6-4-3-5-7-17/h3-11,31H,12-15H2,1-2H3,(H2,23,29)(H,24,30). The highest BCUT2D eigenvalue weighted by Gasteiger charge is 2.48. The van der Waals surface area contributed by atoms with Gasteiger partial charge in [0.15, 0.2) is 0 Å². The second-order valence-electron chi connectivity index (χ2n) is 7.34. The molecule has 3 rings (SSSR count). The smallest absolute Gasteiger partial charge is 0.302 e. The van der Waals surface area contributed by atoms with Gasteiger partial charge in [-0.3, -0.25) is 19.3 Å². The molecule has 164 valence electrons. The highest BCUT2D eigenvalue weighted by atomic mass is 16.3. The number of piperazine rings is 1. The number of rotatable bonds is 6. The number of nitrogens with zero attached hydrogens (tertiary/aromatic N) is 3. The van der Waals surface area contributed by atoms with E-state index in [1.165, 1.54) is 12.7 Å². The summed E-state index contributed by atoms with van der Waals surface area (Å²) in [6, 6.07) is 17.1. The van der Waals surface area contributed by atoms with Gasteiger partial charge in [0.2, 0.25) is 0 Å². The molecule has 1 atom stereocenters. The minimum Gasteiger partial charge on any atom is -0.368 e. The molecule has 4 N–H and O–H groups in total. The number of nitrogens with two attached hydrogens (primary N) is 1. The van der Waals surface area contributed by atoms with Gasteiger partial charge in [-0.25, -0.2) is 0 Å². The molecule has 1 heterocycles. The second-order valence-corrected chi connectivity index (χ2v) is 7.34. The number of benzene rings is 2. The molecule has 1 aliphatic heterocycles. The van der Waals surface area contributed by atoms with Gasteiger partial charge in [-0.05, 0) is 36.4 Å². The maximum absolute atomic E-state index is 12.8. The van der Waals surface area contributed by atoms with Gasteiger partial charge in [0.1, 0.15) is 0 Å². The van der Waals surface area contributed by atoms with Gasteiger partial charge in [0, 0.05) is 57.2 Å². The monoisotopic (exact) mass is 425 g/mol. The van der Waals surface area contributed by atoms with Crippen molar-refractivity contribution in [2.75, 3.05) is 50.1 Å². The number of hydrogen-bond acceptors (Lipinski definition) is 6. The van der Waals surface area contributed by atoms with Crippen molar-refractivity contribution in [3.05, 3.63) is 60.2 Å². The molecule has 2 aromatic carbocycles. The van der Waals surface area contributed by atoms with Gasteiger partial charge >= 0.3 is 5.72 Å². The summed E-state index contributed by atoms with van der Waals surface area (Å²) in [5, 5.41) is 12.6. The van der Waals surface area contributed by atoms with Crippen LogP contribution in [0.2, 0.25) is 0 Å². The third-order valence-electron chi connectivity index (χ3n) is 5.56. The molecule has 0 bridgehead atoms. The van der Waals surface area contributed by atoms with Crippen LogP contribution < -0.4 is 20.9 Å².